The second-order valence-electron chi connectivity index (χ2n) is 4.39. The number of halogens is 3. The largest absolute Gasteiger partial charge is 0.401 e. The third-order valence-electron chi connectivity index (χ3n) is 3.17. The lowest BCUT2D eigenvalue weighted by Gasteiger charge is -2.24. The van der Waals surface area contributed by atoms with Crippen LogP contribution in [-0.4, -0.2) is 42.8 Å². The minimum atomic E-state index is -4.05. The molecule has 2 aliphatic heterocycles. The van der Waals surface area contributed by atoms with Crippen molar-refractivity contribution in [2.24, 2.45) is 0 Å². The monoisotopic (exact) mass is 208 g/mol. The maximum Gasteiger partial charge on any atom is 0.401 e. The Morgan fingerprint density at radius 2 is 2.07 bits per heavy atom. The van der Waals surface area contributed by atoms with Crippen molar-refractivity contribution in [3.63, 3.8) is 0 Å². The van der Waals surface area contributed by atoms with E-state index in [-0.39, 0.29) is 5.54 Å². The van der Waals surface area contributed by atoms with Crippen molar-refractivity contribution in [2.45, 2.75) is 31.0 Å². The van der Waals surface area contributed by atoms with Crippen LogP contribution in [-0.2, 0) is 0 Å². The number of nitrogens with one attached hydrogen (secondary N) is 1. The van der Waals surface area contributed by atoms with E-state index in [1.54, 1.807) is 0 Å². The summed E-state index contributed by atoms with van der Waals surface area (Å²) in [6.07, 6.45) is -1.06. The fourth-order valence-electron chi connectivity index (χ4n) is 2.56. The molecule has 2 saturated heterocycles. The molecule has 1 N–H and O–H groups in total. The van der Waals surface area contributed by atoms with Crippen molar-refractivity contribution in [3.8, 4) is 0 Å². The summed E-state index contributed by atoms with van der Waals surface area (Å²) in [5.41, 5.74) is 0.00521. The molecule has 0 aromatic heterocycles. The van der Waals surface area contributed by atoms with Gasteiger partial charge in [0, 0.05) is 18.6 Å². The van der Waals surface area contributed by atoms with Gasteiger partial charge >= 0.3 is 6.18 Å². The normalized spacial score (nSPS) is 34.5. The zero-order valence-electron chi connectivity index (χ0n) is 8.03. The summed E-state index contributed by atoms with van der Waals surface area (Å²) in [5.74, 6) is 0. The molecule has 1 spiro atoms. The van der Waals surface area contributed by atoms with Gasteiger partial charge in [0.15, 0.2) is 0 Å². The number of hydrogen-bond acceptors (Lipinski definition) is 2. The first-order valence-electron chi connectivity index (χ1n) is 5.03. The summed E-state index contributed by atoms with van der Waals surface area (Å²) in [6, 6.07) is 0. The third kappa shape index (κ3) is 2.20. The van der Waals surface area contributed by atoms with Crippen molar-refractivity contribution in [2.75, 3.05) is 26.2 Å². The summed E-state index contributed by atoms with van der Waals surface area (Å²) < 4.78 is 36.4. The van der Waals surface area contributed by atoms with Crippen LogP contribution >= 0.6 is 0 Å². The van der Waals surface area contributed by atoms with Crippen molar-refractivity contribution in [1.29, 1.82) is 0 Å². The third-order valence-corrected chi connectivity index (χ3v) is 3.17. The Balaban J connectivity index is 1.88. The number of nitrogens with zero attached hydrogens (tertiary/aromatic N) is 1. The molecule has 1 unspecified atom stereocenters. The van der Waals surface area contributed by atoms with Gasteiger partial charge in [0.25, 0.3) is 0 Å². The van der Waals surface area contributed by atoms with Gasteiger partial charge in [0.05, 0.1) is 6.54 Å². The molecule has 2 fully saturated rings. The predicted octanol–water partition coefficient (Wildman–Crippen LogP) is 1.38. The Bertz CT molecular complexity index is 209. The van der Waals surface area contributed by atoms with Crippen molar-refractivity contribution < 1.29 is 13.2 Å². The summed E-state index contributed by atoms with van der Waals surface area (Å²) >= 11 is 0. The fraction of sp³-hybridized carbons (Fsp3) is 1.00. The van der Waals surface area contributed by atoms with E-state index in [0.717, 1.165) is 25.8 Å². The van der Waals surface area contributed by atoms with Gasteiger partial charge in [0.1, 0.15) is 0 Å². The minimum Gasteiger partial charge on any atom is -0.310 e. The van der Waals surface area contributed by atoms with Gasteiger partial charge in [0.2, 0.25) is 0 Å². The highest BCUT2D eigenvalue weighted by Crippen LogP contribution is 2.31. The van der Waals surface area contributed by atoms with Crippen LogP contribution in [0.3, 0.4) is 0 Å². The molecule has 0 aliphatic carbocycles. The SMILES string of the molecule is FC(F)(F)CN1CCC2(CCCN2)C1. The van der Waals surface area contributed by atoms with Crippen LogP contribution in [0, 0.1) is 0 Å². The Labute approximate surface area is 81.5 Å². The quantitative estimate of drug-likeness (QED) is 0.700. The first-order chi connectivity index (χ1) is 6.49. The molecule has 2 rings (SSSR count). The molecule has 2 nitrogen and oxygen atoms in total. The molecule has 0 aromatic carbocycles. The molecule has 0 radical (unpaired) electrons. The van der Waals surface area contributed by atoms with E-state index in [1.807, 2.05) is 0 Å². The van der Waals surface area contributed by atoms with Crippen molar-refractivity contribution >= 4 is 0 Å². The molecular formula is C9H15F3N2. The first kappa shape index (κ1) is 10.2. The Hall–Kier alpha value is -0.290. The lowest BCUT2D eigenvalue weighted by Crippen LogP contribution is -2.43. The number of hydrogen-bond donors (Lipinski definition) is 1. The van der Waals surface area contributed by atoms with E-state index >= 15 is 0 Å². The van der Waals surface area contributed by atoms with Crippen LogP contribution in [0.25, 0.3) is 0 Å². The van der Waals surface area contributed by atoms with Gasteiger partial charge in [-0.1, -0.05) is 0 Å². The molecule has 0 bridgehead atoms. The average molecular weight is 208 g/mol. The van der Waals surface area contributed by atoms with Crippen LogP contribution in [0.15, 0.2) is 0 Å². The van der Waals surface area contributed by atoms with E-state index in [2.05, 4.69) is 5.32 Å². The first-order valence-corrected chi connectivity index (χ1v) is 5.03. The van der Waals surface area contributed by atoms with Gasteiger partial charge in [-0.15, -0.1) is 0 Å². The molecule has 82 valence electrons. The fourth-order valence-corrected chi connectivity index (χ4v) is 2.56. The number of alkyl halides is 3. The zero-order valence-corrected chi connectivity index (χ0v) is 8.03. The van der Waals surface area contributed by atoms with E-state index in [1.165, 1.54) is 4.90 Å². The van der Waals surface area contributed by atoms with Gasteiger partial charge in [-0.2, -0.15) is 13.2 Å². The molecule has 0 saturated carbocycles. The molecule has 0 amide bonds. The van der Waals surface area contributed by atoms with Crippen LogP contribution in [0.2, 0.25) is 0 Å². The second-order valence-corrected chi connectivity index (χ2v) is 4.39. The number of rotatable bonds is 1. The molecule has 1 atom stereocenters. The summed E-state index contributed by atoms with van der Waals surface area (Å²) in [7, 11) is 0. The molecule has 2 aliphatic rings. The lowest BCUT2D eigenvalue weighted by atomic mass is 9.97. The van der Waals surface area contributed by atoms with E-state index in [0.29, 0.717) is 13.1 Å². The summed E-state index contributed by atoms with van der Waals surface area (Å²) in [6.45, 7) is 1.34. The van der Waals surface area contributed by atoms with Gasteiger partial charge in [-0.3, -0.25) is 4.90 Å². The van der Waals surface area contributed by atoms with Crippen LogP contribution < -0.4 is 5.32 Å². The van der Waals surface area contributed by atoms with Crippen molar-refractivity contribution in [3.05, 3.63) is 0 Å². The molecule has 5 heteroatoms. The Kier molecular flexibility index (Phi) is 2.47. The lowest BCUT2D eigenvalue weighted by molar-refractivity contribution is -0.143. The summed E-state index contributed by atoms with van der Waals surface area (Å²) in [4.78, 5) is 1.51. The zero-order chi connectivity index (χ0) is 10.2. The average Bonchev–Trinajstić information content (AvgIpc) is 2.60. The highest BCUT2D eigenvalue weighted by Gasteiger charge is 2.43. The highest BCUT2D eigenvalue weighted by molar-refractivity contribution is 5.00. The van der Waals surface area contributed by atoms with E-state index in [4.69, 9.17) is 0 Å². The maximum atomic E-state index is 12.1. The van der Waals surface area contributed by atoms with Crippen LogP contribution in [0.4, 0.5) is 13.2 Å². The maximum absolute atomic E-state index is 12.1. The summed E-state index contributed by atoms with van der Waals surface area (Å²) in [5, 5.41) is 3.34. The standard InChI is InChI=1S/C9H15F3N2/c10-9(11,12)7-14-5-3-8(6-14)2-1-4-13-8/h13H,1-7H2. The van der Waals surface area contributed by atoms with Gasteiger partial charge in [-0.05, 0) is 25.8 Å². The minimum absolute atomic E-state index is 0.00521. The molecule has 2 heterocycles. The molecule has 0 aromatic rings. The van der Waals surface area contributed by atoms with E-state index in [9.17, 15) is 13.2 Å². The smallest absolute Gasteiger partial charge is 0.310 e. The highest BCUT2D eigenvalue weighted by atomic mass is 19.4. The van der Waals surface area contributed by atoms with Gasteiger partial charge < -0.3 is 5.32 Å². The van der Waals surface area contributed by atoms with Crippen molar-refractivity contribution in [1.82, 2.24) is 10.2 Å². The van der Waals surface area contributed by atoms with Crippen LogP contribution in [0.5, 0.6) is 0 Å². The Morgan fingerprint density at radius 1 is 1.29 bits per heavy atom. The topological polar surface area (TPSA) is 15.3 Å². The van der Waals surface area contributed by atoms with Crippen LogP contribution in [0.1, 0.15) is 19.3 Å². The predicted molar refractivity (Wildman–Crippen MR) is 47.1 cm³/mol. The molecular weight excluding hydrogens is 193 g/mol. The second kappa shape index (κ2) is 3.38. The van der Waals surface area contributed by atoms with Gasteiger partial charge in [-0.25, -0.2) is 0 Å². The number of likely N-dealkylation sites (tertiary alicyclic amines) is 1. The van der Waals surface area contributed by atoms with E-state index < -0.39 is 12.7 Å². The Morgan fingerprint density at radius 3 is 2.64 bits per heavy atom. The molecule has 14 heavy (non-hydrogen) atoms.